The minimum Gasteiger partial charge on any atom is -0.463 e. The highest BCUT2D eigenvalue weighted by molar-refractivity contribution is 5.74. The van der Waals surface area contributed by atoms with Gasteiger partial charge in [-0.1, -0.05) is 0 Å². The van der Waals surface area contributed by atoms with Gasteiger partial charge >= 0.3 is 23.9 Å². The molecule has 0 bridgehead atoms. The first-order valence-electron chi connectivity index (χ1n) is 9.63. The zero-order valence-corrected chi connectivity index (χ0v) is 18.0. The van der Waals surface area contributed by atoms with Crippen molar-refractivity contribution in [3.05, 3.63) is 29.8 Å². The third-order valence-corrected chi connectivity index (χ3v) is 4.22. The van der Waals surface area contributed by atoms with Crippen LogP contribution in [0.15, 0.2) is 24.3 Å². The molecule has 1 aliphatic rings. The Kier molecular flexibility index (Phi) is 8.71. The fraction of sp³-hybridized carbons (Fsp3) is 0.476. The number of hydrogen-bond donors (Lipinski definition) is 0. The van der Waals surface area contributed by atoms with E-state index in [2.05, 4.69) is 0 Å². The molecule has 32 heavy (non-hydrogen) atoms. The first-order valence-corrected chi connectivity index (χ1v) is 9.63. The third kappa shape index (κ3) is 7.05. The quantitative estimate of drug-likeness (QED) is 0.316. The third-order valence-electron chi connectivity index (χ3n) is 4.22. The molecule has 5 atom stereocenters. The summed E-state index contributed by atoms with van der Waals surface area (Å²) < 4.78 is 32.5. The van der Waals surface area contributed by atoms with Gasteiger partial charge in [0.05, 0.1) is 0 Å². The van der Waals surface area contributed by atoms with Crippen molar-refractivity contribution in [2.45, 2.75) is 58.4 Å². The van der Waals surface area contributed by atoms with E-state index in [4.69, 9.17) is 28.4 Å². The molecular weight excluding hydrogens is 428 g/mol. The zero-order chi connectivity index (χ0) is 23.8. The van der Waals surface area contributed by atoms with Gasteiger partial charge in [-0.25, -0.2) is 0 Å². The van der Waals surface area contributed by atoms with E-state index in [9.17, 15) is 24.0 Å². The second kappa shape index (κ2) is 11.2. The molecule has 2 rings (SSSR count). The molecular formula is C21H24O11. The Morgan fingerprint density at radius 1 is 0.812 bits per heavy atom. The van der Waals surface area contributed by atoms with Crippen LogP contribution in [0.25, 0.3) is 0 Å². The Morgan fingerprint density at radius 3 is 1.84 bits per heavy atom. The molecule has 1 aromatic carbocycles. The van der Waals surface area contributed by atoms with Crippen LogP contribution in [0.5, 0.6) is 5.75 Å². The predicted molar refractivity (Wildman–Crippen MR) is 104 cm³/mol. The van der Waals surface area contributed by atoms with Crippen molar-refractivity contribution < 1.29 is 52.4 Å². The number of esters is 4. The largest absolute Gasteiger partial charge is 0.463 e. The summed E-state index contributed by atoms with van der Waals surface area (Å²) in [6.07, 6.45) is -5.72. The van der Waals surface area contributed by atoms with E-state index in [0.29, 0.717) is 11.8 Å². The van der Waals surface area contributed by atoms with E-state index >= 15 is 0 Å². The summed E-state index contributed by atoms with van der Waals surface area (Å²) in [6, 6.07) is 5.96. The zero-order valence-electron chi connectivity index (χ0n) is 18.0. The summed E-state index contributed by atoms with van der Waals surface area (Å²) in [5.74, 6) is -2.58. The molecule has 0 amide bonds. The number of ether oxygens (including phenoxy) is 6. The lowest BCUT2D eigenvalue weighted by atomic mass is 9.98. The van der Waals surface area contributed by atoms with Crippen LogP contribution in [0.3, 0.4) is 0 Å². The lowest BCUT2D eigenvalue weighted by Gasteiger charge is -2.43. The van der Waals surface area contributed by atoms with Crippen molar-refractivity contribution >= 4 is 30.2 Å². The van der Waals surface area contributed by atoms with Crippen LogP contribution in [0, 0.1) is 0 Å². The van der Waals surface area contributed by atoms with Gasteiger partial charge in [0.2, 0.25) is 12.4 Å². The summed E-state index contributed by atoms with van der Waals surface area (Å²) >= 11 is 0. The summed E-state index contributed by atoms with van der Waals surface area (Å²) in [5.41, 5.74) is 0.402. The molecule has 1 aliphatic heterocycles. The van der Waals surface area contributed by atoms with Crippen LogP contribution in [-0.2, 0) is 42.9 Å². The van der Waals surface area contributed by atoms with E-state index in [1.54, 1.807) is 0 Å². The highest BCUT2D eigenvalue weighted by Gasteiger charge is 2.53. The molecule has 11 nitrogen and oxygen atoms in total. The minimum atomic E-state index is -1.34. The normalized spacial score (nSPS) is 24.6. The highest BCUT2D eigenvalue weighted by Crippen LogP contribution is 2.31. The van der Waals surface area contributed by atoms with Crippen LogP contribution in [0.1, 0.15) is 38.1 Å². The van der Waals surface area contributed by atoms with E-state index in [-0.39, 0.29) is 12.4 Å². The van der Waals surface area contributed by atoms with E-state index in [1.165, 1.54) is 31.2 Å². The monoisotopic (exact) mass is 452 g/mol. The molecule has 0 radical (unpaired) electrons. The van der Waals surface area contributed by atoms with Crippen molar-refractivity contribution in [2.24, 2.45) is 0 Å². The van der Waals surface area contributed by atoms with Gasteiger partial charge in [-0.05, 0) is 24.3 Å². The number of carbonyl (C=O) groups is 5. The predicted octanol–water partition coefficient (Wildman–Crippen LogP) is 0.961. The number of hydrogen-bond acceptors (Lipinski definition) is 11. The van der Waals surface area contributed by atoms with Gasteiger partial charge in [-0.3, -0.25) is 24.0 Å². The van der Waals surface area contributed by atoms with Gasteiger partial charge in [-0.2, -0.15) is 0 Å². The Labute approximate surface area is 183 Å². The van der Waals surface area contributed by atoms with Crippen molar-refractivity contribution in [2.75, 3.05) is 6.61 Å². The molecule has 11 heteroatoms. The lowest BCUT2D eigenvalue weighted by molar-refractivity contribution is -0.288. The van der Waals surface area contributed by atoms with E-state index < -0.39 is 54.6 Å². The van der Waals surface area contributed by atoms with Gasteiger partial charge in [0.1, 0.15) is 24.7 Å². The minimum absolute atomic E-state index is 0.247. The van der Waals surface area contributed by atoms with Crippen LogP contribution in [0.4, 0.5) is 0 Å². The standard InChI is InChI=1S/C21H24O11/c1-11(23)27-10-17-18(28-12(2)24)19(29-13(3)25)20(30-14(4)26)21(32-17)31-16-7-5-15(9-22)6-8-16/h5-9,17-21H,10H2,1-4H3/t17-,18-,19+,20-,21-/m0/s1. The Bertz CT molecular complexity index is 848. The number of benzene rings is 1. The maximum Gasteiger partial charge on any atom is 0.303 e. The lowest BCUT2D eigenvalue weighted by Crippen LogP contribution is -2.63. The van der Waals surface area contributed by atoms with Gasteiger partial charge < -0.3 is 28.4 Å². The van der Waals surface area contributed by atoms with Crippen molar-refractivity contribution in [3.8, 4) is 5.75 Å². The molecule has 0 aliphatic carbocycles. The number of aldehydes is 1. The van der Waals surface area contributed by atoms with E-state index in [0.717, 1.165) is 20.8 Å². The molecule has 1 aromatic rings. The molecule has 1 heterocycles. The van der Waals surface area contributed by atoms with Crippen LogP contribution in [0.2, 0.25) is 0 Å². The second-order valence-electron chi connectivity index (χ2n) is 6.87. The average molecular weight is 452 g/mol. The van der Waals surface area contributed by atoms with Crippen LogP contribution >= 0.6 is 0 Å². The SMILES string of the molecule is CC(=O)OC[C@@H]1O[C@H](Oc2ccc(C=O)cc2)[C@@H](OC(C)=O)[C@H](OC(C)=O)[C@H]1OC(C)=O. The Balaban J connectivity index is 2.43. The fourth-order valence-electron chi connectivity index (χ4n) is 3.04. The molecule has 0 aromatic heterocycles. The Morgan fingerprint density at radius 2 is 1.34 bits per heavy atom. The summed E-state index contributed by atoms with van der Waals surface area (Å²) in [6.45, 7) is 4.21. The molecule has 0 saturated carbocycles. The summed E-state index contributed by atoms with van der Waals surface area (Å²) in [5, 5.41) is 0. The summed E-state index contributed by atoms with van der Waals surface area (Å²) in [4.78, 5) is 57.4. The van der Waals surface area contributed by atoms with Crippen LogP contribution < -0.4 is 4.74 Å². The molecule has 1 fully saturated rings. The Hall–Kier alpha value is -3.47. The van der Waals surface area contributed by atoms with E-state index in [1.807, 2.05) is 0 Å². The molecule has 1 saturated heterocycles. The number of carbonyl (C=O) groups excluding carboxylic acids is 5. The highest BCUT2D eigenvalue weighted by atomic mass is 16.7. The first-order chi connectivity index (χ1) is 15.1. The fourth-order valence-corrected chi connectivity index (χ4v) is 3.04. The van der Waals surface area contributed by atoms with Crippen molar-refractivity contribution in [1.82, 2.24) is 0 Å². The smallest absolute Gasteiger partial charge is 0.303 e. The topological polar surface area (TPSA) is 141 Å². The maximum atomic E-state index is 11.8. The van der Waals surface area contributed by atoms with Crippen molar-refractivity contribution in [3.63, 3.8) is 0 Å². The summed E-state index contributed by atoms with van der Waals surface area (Å²) in [7, 11) is 0. The van der Waals surface area contributed by atoms with Crippen LogP contribution in [-0.4, -0.2) is 67.5 Å². The number of rotatable bonds is 8. The van der Waals surface area contributed by atoms with Crippen molar-refractivity contribution in [1.29, 1.82) is 0 Å². The molecule has 174 valence electrons. The average Bonchev–Trinajstić information content (AvgIpc) is 2.70. The van der Waals surface area contributed by atoms with Gasteiger partial charge in [-0.15, -0.1) is 0 Å². The van der Waals surface area contributed by atoms with Gasteiger partial charge in [0.15, 0.2) is 12.2 Å². The maximum absolute atomic E-state index is 11.8. The van der Waals surface area contributed by atoms with Gasteiger partial charge in [0.25, 0.3) is 0 Å². The molecule has 0 spiro atoms. The first kappa shape index (κ1) is 24.8. The van der Waals surface area contributed by atoms with Gasteiger partial charge in [0, 0.05) is 33.3 Å². The molecule has 0 unspecified atom stereocenters. The second-order valence-corrected chi connectivity index (χ2v) is 6.87. The molecule has 0 N–H and O–H groups in total.